The van der Waals surface area contributed by atoms with Crippen molar-refractivity contribution in [2.45, 2.75) is 26.0 Å². The molecule has 0 aliphatic rings. The van der Waals surface area contributed by atoms with Crippen molar-refractivity contribution in [2.75, 3.05) is 20.2 Å². The Labute approximate surface area is 80.3 Å². The minimum absolute atomic E-state index is 0.0595. The molecule has 1 N–H and O–H groups in total. The summed E-state index contributed by atoms with van der Waals surface area (Å²) in [6.45, 7) is 3.44. The molecule has 0 aromatic carbocycles. The van der Waals surface area contributed by atoms with E-state index in [9.17, 15) is 4.79 Å². The average Bonchev–Trinajstić information content (AvgIpc) is 2.03. The van der Waals surface area contributed by atoms with Crippen LogP contribution in [-0.4, -0.2) is 56.1 Å². The highest BCUT2D eigenvalue weighted by Crippen LogP contribution is 1.97. The summed E-state index contributed by atoms with van der Waals surface area (Å²) in [5, 5.41) is 8.67. The molecule has 2 unspecified atom stereocenters. The van der Waals surface area contributed by atoms with E-state index in [-0.39, 0.29) is 18.6 Å². The number of aliphatic hydroxyl groups is 1. The van der Waals surface area contributed by atoms with E-state index in [4.69, 9.17) is 17.7 Å². The van der Waals surface area contributed by atoms with Crippen molar-refractivity contribution in [1.82, 2.24) is 4.90 Å². The van der Waals surface area contributed by atoms with Crippen LogP contribution in [0.5, 0.6) is 0 Å². The van der Waals surface area contributed by atoms with Crippen LogP contribution < -0.4 is 0 Å². The van der Waals surface area contributed by atoms with Gasteiger partial charge in [-0.3, -0.25) is 4.79 Å². The van der Waals surface area contributed by atoms with Crippen LogP contribution in [-0.2, 0) is 9.53 Å². The van der Waals surface area contributed by atoms with E-state index in [1.807, 2.05) is 0 Å². The van der Waals surface area contributed by atoms with Crippen LogP contribution in [0.2, 0.25) is 0 Å². The summed E-state index contributed by atoms with van der Waals surface area (Å²) < 4.78 is 5.15. The van der Waals surface area contributed by atoms with Gasteiger partial charge in [0.2, 0.25) is 5.91 Å². The summed E-state index contributed by atoms with van der Waals surface area (Å²) >= 11 is 0. The summed E-state index contributed by atoms with van der Waals surface area (Å²) in [5.41, 5.74) is 0. The molecule has 0 bridgehead atoms. The summed E-state index contributed by atoms with van der Waals surface area (Å²) in [6, 6.07) is -0.545. The van der Waals surface area contributed by atoms with Gasteiger partial charge in [0.25, 0.3) is 0 Å². The third-order valence-corrected chi connectivity index (χ3v) is 1.66. The van der Waals surface area contributed by atoms with Crippen molar-refractivity contribution >= 4 is 13.8 Å². The lowest BCUT2D eigenvalue weighted by Crippen LogP contribution is -2.36. The maximum absolute atomic E-state index is 10.8. The Balaban J connectivity index is 3.73. The number of hydrogen-bond donors (Lipinski definition) is 1. The molecule has 0 spiro atoms. The van der Waals surface area contributed by atoms with E-state index in [2.05, 4.69) is 0 Å². The fourth-order valence-electron chi connectivity index (χ4n) is 0.783. The minimum Gasteiger partial charge on any atom is -0.394 e. The van der Waals surface area contributed by atoms with Crippen molar-refractivity contribution in [3.05, 3.63) is 0 Å². The number of carbonyl (C=O) groups is 1. The molecule has 5 heteroatoms. The van der Waals surface area contributed by atoms with Gasteiger partial charge < -0.3 is 14.7 Å². The van der Waals surface area contributed by atoms with Crippen molar-refractivity contribution in [3.63, 3.8) is 0 Å². The highest BCUT2D eigenvalue weighted by Gasteiger charge is 2.11. The summed E-state index contributed by atoms with van der Waals surface area (Å²) in [7, 11) is 7.21. The van der Waals surface area contributed by atoms with E-state index >= 15 is 0 Å². The number of likely N-dealkylation sites (N-methyl/N-ethyl adjacent to an activating group) is 1. The van der Waals surface area contributed by atoms with Crippen molar-refractivity contribution < 1.29 is 14.6 Å². The second-order valence-electron chi connectivity index (χ2n) is 3.07. The fourth-order valence-corrected chi connectivity index (χ4v) is 0.783. The summed E-state index contributed by atoms with van der Waals surface area (Å²) in [5.74, 6) is -0.0595. The molecule has 1 amide bonds. The predicted octanol–water partition coefficient (Wildman–Crippen LogP) is -0.643. The normalized spacial score (nSPS) is 15.1. The highest BCUT2D eigenvalue weighted by atomic mass is 16.5. The average molecular weight is 185 g/mol. The maximum Gasteiger partial charge on any atom is 0.219 e. The lowest BCUT2D eigenvalue weighted by atomic mass is 9.99. The van der Waals surface area contributed by atoms with Gasteiger partial charge in [0.15, 0.2) is 0 Å². The minimum atomic E-state index is -0.545. The van der Waals surface area contributed by atoms with Gasteiger partial charge in [-0.1, -0.05) is 0 Å². The number of carbonyl (C=O) groups excluding carboxylic acids is 1. The Bertz CT molecular complexity index is 165. The van der Waals surface area contributed by atoms with Crippen LogP contribution in [0, 0.1) is 0 Å². The molecule has 13 heavy (non-hydrogen) atoms. The zero-order chi connectivity index (χ0) is 10.4. The Morgan fingerprint density at radius 1 is 1.69 bits per heavy atom. The highest BCUT2D eigenvalue weighted by molar-refractivity contribution is 6.11. The van der Waals surface area contributed by atoms with E-state index in [1.165, 1.54) is 11.8 Å². The standard InChI is InChI=1S/C8H16BNO3/c1-6(5-11)13-8(9)4-10(3)7(2)12/h6,8,11H,4-5H2,1-3H3. The molecule has 0 rings (SSSR count). The number of nitrogens with zero attached hydrogens (tertiary/aromatic N) is 1. The third kappa shape index (κ3) is 5.66. The van der Waals surface area contributed by atoms with Crippen molar-refractivity contribution in [2.24, 2.45) is 0 Å². The zero-order valence-electron chi connectivity index (χ0n) is 8.36. The molecule has 0 saturated heterocycles. The molecular formula is C8H16BNO3. The van der Waals surface area contributed by atoms with Crippen molar-refractivity contribution in [3.8, 4) is 0 Å². The maximum atomic E-state index is 10.8. The first kappa shape index (κ1) is 12.5. The molecule has 74 valence electrons. The topological polar surface area (TPSA) is 49.8 Å². The fraction of sp³-hybridized carbons (Fsp3) is 0.875. The van der Waals surface area contributed by atoms with Gasteiger partial charge in [-0.05, 0) is 6.92 Å². The summed E-state index contributed by atoms with van der Waals surface area (Å²) in [6.07, 6.45) is -0.296. The van der Waals surface area contributed by atoms with Gasteiger partial charge in [0.1, 0.15) is 7.85 Å². The van der Waals surface area contributed by atoms with E-state index in [0.29, 0.717) is 6.54 Å². The van der Waals surface area contributed by atoms with Gasteiger partial charge >= 0.3 is 0 Å². The first-order valence-electron chi connectivity index (χ1n) is 4.21. The number of ether oxygens (including phenoxy) is 1. The smallest absolute Gasteiger partial charge is 0.219 e. The second-order valence-corrected chi connectivity index (χ2v) is 3.07. The van der Waals surface area contributed by atoms with Crippen LogP contribution in [0.4, 0.5) is 0 Å². The van der Waals surface area contributed by atoms with Gasteiger partial charge in [0, 0.05) is 26.5 Å². The van der Waals surface area contributed by atoms with Gasteiger partial charge in [-0.15, -0.1) is 0 Å². The number of hydrogen-bond acceptors (Lipinski definition) is 3. The van der Waals surface area contributed by atoms with E-state index in [1.54, 1.807) is 14.0 Å². The monoisotopic (exact) mass is 185 g/mol. The van der Waals surface area contributed by atoms with E-state index < -0.39 is 6.00 Å². The van der Waals surface area contributed by atoms with Gasteiger partial charge in [-0.25, -0.2) is 0 Å². The van der Waals surface area contributed by atoms with Crippen LogP contribution in [0.15, 0.2) is 0 Å². The van der Waals surface area contributed by atoms with Crippen LogP contribution >= 0.6 is 0 Å². The Morgan fingerprint density at radius 2 is 2.23 bits per heavy atom. The van der Waals surface area contributed by atoms with Crippen LogP contribution in [0.1, 0.15) is 13.8 Å². The molecule has 4 nitrogen and oxygen atoms in total. The first-order valence-corrected chi connectivity index (χ1v) is 4.21. The number of amides is 1. The van der Waals surface area contributed by atoms with E-state index in [0.717, 1.165) is 0 Å². The Kier molecular flexibility index (Phi) is 5.74. The Hall–Kier alpha value is -0.545. The molecule has 0 aromatic heterocycles. The quantitative estimate of drug-likeness (QED) is 0.579. The van der Waals surface area contributed by atoms with Crippen LogP contribution in [0.3, 0.4) is 0 Å². The Morgan fingerprint density at radius 3 is 2.62 bits per heavy atom. The largest absolute Gasteiger partial charge is 0.394 e. The molecule has 0 fully saturated rings. The molecule has 0 aromatic rings. The lowest BCUT2D eigenvalue weighted by Gasteiger charge is -2.23. The molecule has 2 atom stereocenters. The van der Waals surface area contributed by atoms with Crippen LogP contribution in [0.25, 0.3) is 0 Å². The summed E-state index contributed by atoms with van der Waals surface area (Å²) in [4.78, 5) is 12.3. The zero-order valence-corrected chi connectivity index (χ0v) is 8.36. The predicted molar refractivity (Wildman–Crippen MR) is 50.5 cm³/mol. The molecule has 0 heterocycles. The van der Waals surface area contributed by atoms with Gasteiger partial charge in [-0.2, -0.15) is 0 Å². The second kappa shape index (κ2) is 5.99. The number of aliphatic hydroxyl groups excluding tert-OH is 1. The molecule has 2 radical (unpaired) electrons. The molecule has 0 saturated carbocycles. The number of rotatable bonds is 5. The molecule has 0 aliphatic carbocycles. The van der Waals surface area contributed by atoms with Crippen molar-refractivity contribution in [1.29, 1.82) is 0 Å². The lowest BCUT2D eigenvalue weighted by molar-refractivity contribution is -0.129. The first-order chi connectivity index (χ1) is 5.97. The van der Waals surface area contributed by atoms with Gasteiger partial charge in [0.05, 0.1) is 12.7 Å². The molecular weight excluding hydrogens is 169 g/mol. The third-order valence-electron chi connectivity index (χ3n) is 1.66. The molecule has 0 aliphatic heterocycles. The SMILES string of the molecule is [B]C(CN(C)C(C)=O)OC(C)CO.